The predicted molar refractivity (Wildman–Crippen MR) is 75.9 cm³/mol. The number of carbonyl (C=O) groups is 1. The van der Waals surface area contributed by atoms with Crippen molar-refractivity contribution in [2.75, 3.05) is 0 Å². The Balaban J connectivity index is 2.04. The molecule has 0 aliphatic heterocycles. The zero-order valence-electron chi connectivity index (χ0n) is 11.5. The number of nitrogens with zero attached hydrogens (tertiary/aromatic N) is 1. The van der Waals surface area contributed by atoms with Crippen LogP contribution in [0.15, 0.2) is 40.8 Å². The van der Waals surface area contributed by atoms with Crippen molar-refractivity contribution in [1.29, 1.82) is 0 Å². The normalized spacial score (nSPS) is 10.8. The van der Waals surface area contributed by atoms with Crippen LogP contribution in [0.4, 0.5) is 5.69 Å². The van der Waals surface area contributed by atoms with E-state index >= 15 is 0 Å². The molecule has 108 valence electrons. The number of hydrogen-bond acceptors (Lipinski definition) is 5. The largest absolute Gasteiger partial charge is 0.462 e. The summed E-state index contributed by atoms with van der Waals surface area (Å²) in [5.74, 6) is 0.957. The number of hydrogen-bond donors (Lipinski definition) is 0. The molecule has 0 saturated carbocycles. The van der Waals surface area contributed by atoms with E-state index in [0.29, 0.717) is 11.3 Å². The van der Waals surface area contributed by atoms with E-state index in [-0.39, 0.29) is 11.4 Å². The SMILES string of the molecule is Cc1ccc(/C=C/C(=O)Oc2ccc([N+](=O)[O-])c(C)c2)o1. The van der Waals surface area contributed by atoms with Gasteiger partial charge in [-0.3, -0.25) is 10.1 Å². The highest BCUT2D eigenvalue weighted by molar-refractivity contribution is 5.88. The number of ether oxygens (including phenoxy) is 1. The molecule has 0 amide bonds. The minimum atomic E-state index is -0.586. The molecule has 0 aliphatic carbocycles. The Bertz CT molecular complexity index is 715. The number of nitro groups is 1. The molecule has 1 aromatic carbocycles. The Morgan fingerprint density at radius 1 is 1.29 bits per heavy atom. The Labute approximate surface area is 120 Å². The van der Waals surface area contributed by atoms with Gasteiger partial charge in [-0.2, -0.15) is 0 Å². The van der Waals surface area contributed by atoms with E-state index in [1.807, 2.05) is 0 Å². The van der Waals surface area contributed by atoms with Gasteiger partial charge < -0.3 is 9.15 Å². The summed E-state index contributed by atoms with van der Waals surface area (Å²) in [6.07, 6.45) is 2.72. The Kier molecular flexibility index (Phi) is 4.18. The van der Waals surface area contributed by atoms with Gasteiger partial charge in [0.15, 0.2) is 0 Å². The van der Waals surface area contributed by atoms with E-state index in [9.17, 15) is 14.9 Å². The Hall–Kier alpha value is -2.89. The topological polar surface area (TPSA) is 82.6 Å². The molecule has 0 bridgehead atoms. The van der Waals surface area contributed by atoms with Gasteiger partial charge in [-0.05, 0) is 44.2 Å². The molecular formula is C15H13NO5. The van der Waals surface area contributed by atoms with Gasteiger partial charge in [0.2, 0.25) is 0 Å². The van der Waals surface area contributed by atoms with Crippen molar-refractivity contribution in [3.63, 3.8) is 0 Å². The first kappa shape index (κ1) is 14.5. The van der Waals surface area contributed by atoms with Crippen molar-refractivity contribution in [2.24, 2.45) is 0 Å². The van der Waals surface area contributed by atoms with Crippen molar-refractivity contribution in [3.05, 3.63) is 63.6 Å². The van der Waals surface area contributed by atoms with Crippen molar-refractivity contribution in [2.45, 2.75) is 13.8 Å². The van der Waals surface area contributed by atoms with Crippen LogP contribution in [-0.4, -0.2) is 10.9 Å². The van der Waals surface area contributed by atoms with E-state index in [1.54, 1.807) is 26.0 Å². The fourth-order valence-corrected chi connectivity index (χ4v) is 1.74. The third-order valence-corrected chi connectivity index (χ3v) is 2.73. The summed E-state index contributed by atoms with van der Waals surface area (Å²) in [5, 5.41) is 10.7. The van der Waals surface area contributed by atoms with Crippen LogP contribution in [-0.2, 0) is 4.79 Å². The lowest BCUT2D eigenvalue weighted by Crippen LogP contribution is -2.04. The number of benzene rings is 1. The number of aryl methyl sites for hydroxylation is 2. The molecule has 1 aromatic heterocycles. The van der Waals surface area contributed by atoms with Crippen LogP contribution in [0.3, 0.4) is 0 Å². The van der Waals surface area contributed by atoms with Crippen LogP contribution in [0.1, 0.15) is 17.1 Å². The van der Waals surface area contributed by atoms with Crippen LogP contribution >= 0.6 is 0 Å². The lowest BCUT2D eigenvalue weighted by molar-refractivity contribution is -0.385. The van der Waals surface area contributed by atoms with Crippen molar-refractivity contribution >= 4 is 17.7 Å². The van der Waals surface area contributed by atoms with Crippen LogP contribution < -0.4 is 4.74 Å². The summed E-state index contributed by atoms with van der Waals surface area (Å²) in [6.45, 7) is 3.38. The average molecular weight is 287 g/mol. The second-order valence-electron chi connectivity index (χ2n) is 4.41. The van der Waals surface area contributed by atoms with Gasteiger partial charge in [0.05, 0.1) is 4.92 Å². The highest BCUT2D eigenvalue weighted by Gasteiger charge is 2.11. The predicted octanol–water partition coefficient (Wildman–Crippen LogP) is 3.42. The van der Waals surface area contributed by atoms with E-state index in [0.717, 1.165) is 5.76 Å². The van der Waals surface area contributed by atoms with Crippen LogP contribution in [0.2, 0.25) is 0 Å². The second-order valence-corrected chi connectivity index (χ2v) is 4.41. The maximum Gasteiger partial charge on any atom is 0.336 e. The smallest absolute Gasteiger partial charge is 0.336 e. The van der Waals surface area contributed by atoms with Gasteiger partial charge >= 0.3 is 5.97 Å². The summed E-state index contributed by atoms with van der Waals surface area (Å²) in [5.41, 5.74) is 0.410. The molecule has 0 aliphatic rings. The minimum absolute atomic E-state index is 0.0172. The lowest BCUT2D eigenvalue weighted by Gasteiger charge is -2.02. The molecule has 0 saturated heterocycles. The lowest BCUT2D eigenvalue weighted by atomic mass is 10.2. The molecule has 0 spiro atoms. The monoisotopic (exact) mass is 287 g/mol. The third kappa shape index (κ3) is 3.79. The highest BCUT2D eigenvalue weighted by atomic mass is 16.6. The zero-order valence-corrected chi connectivity index (χ0v) is 11.5. The third-order valence-electron chi connectivity index (χ3n) is 2.73. The van der Waals surface area contributed by atoms with Gasteiger partial charge in [0.25, 0.3) is 5.69 Å². The van der Waals surface area contributed by atoms with E-state index in [1.165, 1.54) is 30.4 Å². The van der Waals surface area contributed by atoms with Gasteiger partial charge in [-0.1, -0.05) is 0 Å². The second kappa shape index (κ2) is 6.04. The molecule has 0 unspecified atom stereocenters. The molecule has 6 nitrogen and oxygen atoms in total. The summed E-state index contributed by atoms with van der Waals surface area (Å²) in [4.78, 5) is 21.8. The summed E-state index contributed by atoms with van der Waals surface area (Å²) in [6, 6.07) is 7.65. The fraction of sp³-hybridized carbons (Fsp3) is 0.133. The van der Waals surface area contributed by atoms with Gasteiger partial charge in [-0.25, -0.2) is 4.79 Å². The molecule has 0 fully saturated rings. The van der Waals surface area contributed by atoms with E-state index in [4.69, 9.17) is 9.15 Å². The molecule has 0 radical (unpaired) electrons. The van der Waals surface area contributed by atoms with Gasteiger partial charge in [0, 0.05) is 17.7 Å². The maximum absolute atomic E-state index is 11.6. The van der Waals surface area contributed by atoms with Crippen molar-refractivity contribution < 1.29 is 18.9 Å². The van der Waals surface area contributed by atoms with Gasteiger partial charge in [0.1, 0.15) is 17.3 Å². The van der Waals surface area contributed by atoms with Crippen LogP contribution in [0.5, 0.6) is 5.75 Å². The standard InChI is InChI=1S/C15H13NO5/c1-10-9-13(5-7-14(10)16(18)19)21-15(17)8-6-12-4-3-11(2)20-12/h3-9H,1-2H3/b8-6+. The summed E-state index contributed by atoms with van der Waals surface area (Å²) in [7, 11) is 0. The minimum Gasteiger partial charge on any atom is -0.462 e. The molecule has 21 heavy (non-hydrogen) atoms. The molecule has 2 rings (SSSR count). The zero-order chi connectivity index (χ0) is 15.4. The summed E-state index contributed by atoms with van der Waals surface area (Å²) < 4.78 is 10.3. The number of nitro benzene ring substituents is 1. The molecule has 2 aromatic rings. The summed E-state index contributed by atoms with van der Waals surface area (Å²) >= 11 is 0. The Morgan fingerprint density at radius 2 is 2.05 bits per heavy atom. The number of furan rings is 1. The van der Waals surface area contributed by atoms with Crippen LogP contribution in [0.25, 0.3) is 6.08 Å². The molecular weight excluding hydrogens is 274 g/mol. The van der Waals surface area contributed by atoms with Crippen LogP contribution in [0, 0.1) is 24.0 Å². The number of rotatable bonds is 4. The molecule has 0 N–H and O–H groups in total. The van der Waals surface area contributed by atoms with Crippen molar-refractivity contribution in [3.8, 4) is 5.75 Å². The van der Waals surface area contributed by atoms with E-state index in [2.05, 4.69) is 0 Å². The highest BCUT2D eigenvalue weighted by Crippen LogP contribution is 2.23. The Morgan fingerprint density at radius 3 is 2.62 bits per heavy atom. The molecule has 6 heteroatoms. The maximum atomic E-state index is 11.6. The van der Waals surface area contributed by atoms with Gasteiger partial charge in [-0.15, -0.1) is 0 Å². The molecule has 0 atom stereocenters. The first-order chi connectivity index (χ1) is 9.95. The quantitative estimate of drug-likeness (QED) is 0.283. The first-order valence-electron chi connectivity index (χ1n) is 6.17. The average Bonchev–Trinajstić information content (AvgIpc) is 2.82. The van der Waals surface area contributed by atoms with E-state index < -0.39 is 10.9 Å². The molecule has 1 heterocycles. The number of esters is 1. The number of carbonyl (C=O) groups excluding carboxylic acids is 1. The first-order valence-corrected chi connectivity index (χ1v) is 6.17. The van der Waals surface area contributed by atoms with Crippen molar-refractivity contribution in [1.82, 2.24) is 0 Å². The fourth-order valence-electron chi connectivity index (χ4n) is 1.74.